The molecule has 102 valence electrons. The van der Waals surface area contributed by atoms with Gasteiger partial charge in [0.2, 0.25) is 0 Å². The van der Waals surface area contributed by atoms with Crippen LogP contribution in [0.25, 0.3) is 0 Å². The van der Waals surface area contributed by atoms with Crippen molar-refractivity contribution in [2.45, 2.75) is 6.42 Å². The minimum atomic E-state index is -0.392. The van der Waals surface area contributed by atoms with Crippen molar-refractivity contribution in [3.05, 3.63) is 57.8 Å². The molecule has 1 N–H and O–H groups in total. The number of nitrogens with one attached hydrogen (secondary N) is 1. The average Bonchev–Trinajstić information content (AvgIpc) is 2.89. The van der Waals surface area contributed by atoms with Crippen LogP contribution < -0.4 is 10.1 Å². The molecule has 2 aromatic carbocycles. The van der Waals surface area contributed by atoms with E-state index < -0.39 is 5.82 Å². The summed E-state index contributed by atoms with van der Waals surface area (Å²) in [7, 11) is 0. The summed E-state index contributed by atoms with van der Waals surface area (Å²) in [6.07, 6.45) is 0.848. The van der Waals surface area contributed by atoms with Crippen molar-refractivity contribution in [2.75, 3.05) is 11.9 Å². The lowest BCUT2D eigenvalue weighted by molar-refractivity contribution is 0.102. The van der Waals surface area contributed by atoms with Crippen LogP contribution in [0.2, 0.25) is 0 Å². The second-order valence-corrected chi connectivity index (χ2v) is 5.36. The fourth-order valence-corrected chi connectivity index (χ4v) is 2.48. The molecule has 1 heterocycles. The van der Waals surface area contributed by atoms with E-state index in [0.717, 1.165) is 17.7 Å². The third kappa shape index (κ3) is 2.54. The second kappa shape index (κ2) is 5.25. The Labute approximate surface area is 123 Å². The highest BCUT2D eigenvalue weighted by Crippen LogP contribution is 2.28. The van der Waals surface area contributed by atoms with Crippen molar-refractivity contribution in [3.63, 3.8) is 0 Å². The highest BCUT2D eigenvalue weighted by Gasteiger charge is 2.14. The second-order valence-electron chi connectivity index (χ2n) is 4.50. The first-order valence-electron chi connectivity index (χ1n) is 6.15. The number of rotatable bonds is 2. The molecule has 2 aromatic rings. The van der Waals surface area contributed by atoms with Gasteiger partial charge in [0, 0.05) is 17.7 Å². The summed E-state index contributed by atoms with van der Waals surface area (Å²) in [4.78, 5) is 12.1. The Bertz CT molecular complexity index is 688. The van der Waals surface area contributed by atoms with Crippen molar-refractivity contribution in [3.8, 4) is 5.75 Å². The largest absolute Gasteiger partial charge is 0.493 e. The molecule has 0 aliphatic carbocycles. The molecule has 0 atom stereocenters. The van der Waals surface area contributed by atoms with E-state index in [-0.39, 0.29) is 10.4 Å². The molecular weight excluding hydrogens is 325 g/mol. The molecule has 0 aromatic heterocycles. The number of anilines is 1. The van der Waals surface area contributed by atoms with Gasteiger partial charge < -0.3 is 10.1 Å². The minimum Gasteiger partial charge on any atom is -0.493 e. The molecule has 1 aliphatic heterocycles. The Morgan fingerprint density at radius 1 is 1.25 bits per heavy atom. The summed E-state index contributed by atoms with van der Waals surface area (Å²) in [6, 6.07) is 9.71. The van der Waals surface area contributed by atoms with Crippen molar-refractivity contribution >= 4 is 27.5 Å². The minimum absolute atomic E-state index is 0.271. The molecule has 0 bridgehead atoms. The van der Waals surface area contributed by atoms with Crippen molar-refractivity contribution in [1.82, 2.24) is 0 Å². The number of benzene rings is 2. The molecule has 1 aliphatic rings. The maximum atomic E-state index is 13.1. The quantitative estimate of drug-likeness (QED) is 0.907. The van der Waals surface area contributed by atoms with Gasteiger partial charge in [-0.2, -0.15) is 0 Å². The summed E-state index contributed by atoms with van der Waals surface area (Å²) in [5.41, 5.74) is 2.19. The van der Waals surface area contributed by atoms with Crippen LogP contribution in [0.1, 0.15) is 15.9 Å². The number of fused-ring (bicyclic) bond motifs is 1. The zero-order chi connectivity index (χ0) is 14.1. The van der Waals surface area contributed by atoms with Crippen molar-refractivity contribution in [2.24, 2.45) is 0 Å². The van der Waals surface area contributed by atoms with E-state index in [1.807, 2.05) is 12.1 Å². The van der Waals surface area contributed by atoms with Gasteiger partial charge in [0.15, 0.2) is 0 Å². The molecule has 0 saturated carbocycles. The zero-order valence-electron chi connectivity index (χ0n) is 10.5. The van der Waals surface area contributed by atoms with E-state index >= 15 is 0 Å². The Balaban J connectivity index is 1.80. The van der Waals surface area contributed by atoms with Crippen LogP contribution in [-0.4, -0.2) is 12.5 Å². The first-order chi connectivity index (χ1) is 9.63. The summed E-state index contributed by atoms with van der Waals surface area (Å²) >= 11 is 3.07. The fourth-order valence-electron chi connectivity index (χ4n) is 2.10. The van der Waals surface area contributed by atoms with Gasteiger partial charge in [0.1, 0.15) is 11.6 Å². The Morgan fingerprint density at radius 2 is 2.10 bits per heavy atom. The number of carbonyl (C=O) groups excluding carboxylic acids is 1. The van der Waals surface area contributed by atoms with Gasteiger partial charge in [-0.1, -0.05) is 0 Å². The van der Waals surface area contributed by atoms with Crippen LogP contribution in [0.5, 0.6) is 5.75 Å². The average molecular weight is 336 g/mol. The van der Waals surface area contributed by atoms with E-state index in [1.165, 1.54) is 18.2 Å². The van der Waals surface area contributed by atoms with Crippen LogP contribution >= 0.6 is 15.9 Å². The first kappa shape index (κ1) is 13.1. The number of amides is 1. The fraction of sp³-hybridized carbons (Fsp3) is 0.133. The van der Waals surface area contributed by atoms with E-state index in [0.29, 0.717) is 17.9 Å². The van der Waals surface area contributed by atoms with Gasteiger partial charge in [-0.05, 0) is 57.9 Å². The smallest absolute Gasteiger partial charge is 0.255 e. The van der Waals surface area contributed by atoms with E-state index in [2.05, 4.69) is 21.2 Å². The number of hydrogen-bond acceptors (Lipinski definition) is 2. The molecule has 3 nitrogen and oxygen atoms in total. The zero-order valence-corrected chi connectivity index (χ0v) is 12.0. The predicted octanol–water partition coefficient (Wildman–Crippen LogP) is 3.78. The molecule has 20 heavy (non-hydrogen) atoms. The topological polar surface area (TPSA) is 38.3 Å². The van der Waals surface area contributed by atoms with Crippen LogP contribution in [0.3, 0.4) is 0 Å². The molecule has 0 radical (unpaired) electrons. The molecule has 0 spiro atoms. The Hall–Kier alpha value is -1.88. The van der Waals surface area contributed by atoms with E-state index in [1.54, 1.807) is 6.07 Å². The van der Waals surface area contributed by atoms with Gasteiger partial charge in [0.25, 0.3) is 5.91 Å². The van der Waals surface area contributed by atoms with Gasteiger partial charge in [0.05, 0.1) is 11.1 Å². The first-order valence-corrected chi connectivity index (χ1v) is 6.95. The molecule has 0 fully saturated rings. The van der Waals surface area contributed by atoms with Crippen LogP contribution in [0.4, 0.5) is 10.1 Å². The van der Waals surface area contributed by atoms with Gasteiger partial charge in [-0.15, -0.1) is 0 Å². The maximum Gasteiger partial charge on any atom is 0.255 e. The SMILES string of the molecule is O=C(Nc1ccc2c(c1)CCO2)c1ccc(F)c(Br)c1. The van der Waals surface area contributed by atoms with Crippen LogP contribution in [-0.2, 0) is 6.42 Å². The van der Waals surface area contributed by atoms with Gasteiger partial charge in [-0.25, -0.2) is 4.39 Å². The summed E-state index contributed by atoms with van der Waals surface area (Å²) in [5.74, 6) is 0.202. The van der Waals surface area contributed by atoms with E-state index in [9.17, 15) is 9.18 Å². The third-order valence-electron chi connectivity index (χ3n) is 3.13. The van der Waals surface area contributed by atoms with Crippen molar-refractivity contribution < 1.29 is 13.9 Å². The Morgan fingerprint density at radius 3 is 2.90 bits per heavy atom. The lowest BCUT2D eigenvalue weighted by Crippen LogP contribution is -2.12. The summed E-state index contributed by atoms with van der Waals surface area (Å²) < 4.78 is 18.8. The number of carbonyl (C=O) groups is 1. The highest BCUT2D eigenvalue weighted by molar-refractivity contribution is 9.10. The van der Waals surface area contributed by atoms with Crippen LogP contribution in [0, 0.1) is 5.82 Å². The monoisotopic (exact) mass is 335 g/mol. The molecule has 5 heteroatoms. The van der Waals surface area contributed by atoms with Gasteiger partial charge >= 0.3 is 0 Å². The molecular formula is C15H11BrFNO2. The summed E-state index contributed by atoms with van der Waals surface area (Å²) in [5, 5.41) is 2.80. The normalized spacial score (nSPS) is 12.7. The highest BCUT2D eigenvalue weighted by atomic mass is 79.9. The van der Waals surface area contributed by atoms with Crippen LogP contribution in [0.15, 0.2) is 40.9 Å². The molecule has 0 unspecified atom stereocenters. The maximum absolute atomic E-state index is 13.1. The standard InChI is InChI=1S/C15H11BrFNO2/c16-12-8-10(1-3-13(12)17)15(19)18-11-2-4-14-9(7-11)5-6-20-14/h1-4,7-8H,5-6H2,(H,18,19). The third-order valence-corrected chi connectivity index (χ3v) is 3.74. The lowest BCUT2D eigenvalue weighted by atomic mass is 10.1. The number of ether oxygens (including phenoxy) is 1. The van der Waals surface area contributed by atoms with Gasteiger partial charge in [-0.3, -0.25) is 4.79 Å². The molecule has 0 saturated heterocycles. The Kier molecular flexibility index (Phi) is 3.44. The lowest BCUT2D eigenvalue weighted by Gasteiger charge is -2.07. The summed E-state index contributed by atoms with van der Waals surface area (Å²) in [6.45, 7) is 0.678. The molecule has 3 rings (SSSR count). The van der Waals surface area contributed by atoms with E-state index in [4.69, 9.17) is 4.74 Å². The number of halogens is 2. The predicted molar refractivity (Wildman–Crippen MR) is 77.7 cm³/mol. The number of hydrogen-bond donors (Lipinski definition) is 1. The van der Waals surface area contributed by atoms with Crippen molar-refractivity contribution in [1.29, 1.82) is 0 Å². The molecule has 1 amide bonds.